The van der Waals surface area contributed by atoms with Crippen LogP contribution in [0.5, 0.6) is 0 Å². The summed E-state index contributed by atoms with van der Waals surface area (Å²) in [5.74, 6) is -0.283. The molecule has 6 nitrogen and oxygen atoms in total. The number of hydrogen-bond donors (Lipinski definition) is 0. The van der Waals surface area contributed by atoms with Gasteiger partial charge in [0.05, 0.1) is 4.90 Å². The highest BCUT2D eigenvalue weighted by atomic mass is 79.9. The van der Waals surface area contributed by atoms with E-state index in [1.54, 1.807) is 24.3 Å². The predicted molar refractivity (Wildman–Crippen MR) is 82.3 cm³/mol. The van der Waals surface area contributed by atoms with E-state index < -0.39 is 10.0 Å². The Hall–Kier alpha value is -1.25. The number of carbonyl (C=O) groups is 2. The van der Waals surface area contributed by atoms with Crippen LogP contribution < -0.4 is 0 Å². The second kappa shape index (κ2) is 5.75. The lowest BCUT2D eigenvalue weighted by Crippen LogP contribution is -2.54. The highest BCUT2D eigenvalue weighted by molar-refractivity contribution is 9.10. The van der Waals surface area contributed by atoms with Crippen LogP contribution in [0, 0.1) is 5.92 Å². The molecule has 2 fully saturated rings. The number of likely N-dealkylation sites (tertiary alicyclic amines) is 1. The summed E-state index contributed by atoms with van der Waals surface area (Å²) in [4.78, 5) is 24.6. The standard InChI is InChI=1S/C14H15BrN2O4S/c15-11-1-3-12(4-2-11)22(20,21)16-7-10(8-16)9-17-13(18)5-6-14(17)19/h1-4,10H,5-9H2. The van der Waals surface area contributed by atoms with Crippen molar-refractivity contribution in [3.8, 4) is 0 Å². The smallest absolute Gasteiger partial charge is 0.243 e. The molecule has 0 N–H and O–H groups in total. The first-order valence-electron chi connectivity index (χ1n) is 6.97. The van der Waals surface area contributed by atoms with Gasteiger partial charge in [0, 0.05) is 42.9 Å². The molecule has 1 aromatic rings. The lowest BCUT2D eigenvalue weighted by atomic mass is 10.0. The van der Waals surface area contributed by atoms with Gasteiger partial charge >= 0.3 is 0 Å². The minimum absolute atomic E-state index is 0.0243. The highest BCUT2D eigenvalue weighted by Crippen LogP contribution is 2.27. The first-order chi connectivity index (χ1) is 10.4. The third-order valence-electron chi connectivity index (χ3n) is 3.97. The zero-order valence-corrected chi connectivity index (χ0v) is 14.1. The van der Waals surface area contributed by atoms with Gasteiger partial charge in [0.1, 0.15) is 0 Å². The van der Waals surface area contributed by atoms with Gasteiger partial charge in [-0.25, -0.2) is 8.42 Å². The van der Waals surface area contributed by atoms with Crippen LogP contribution >= 0.6 is 15.9 Å². The van der Waals surface area contributed by atoms with Crippen molar-refractivity contribution in [1.82, 2.24) is 9.21 Å². The second-order valence-corrected chi connectivity index (χ2v) is 8.39. The number of carbonyl (C=O) groups excluding carboxylic acids is 2. The summed E-state index contributed by atoms with van der Waals surface area (Å²) < 4.78 is 27.0. The van der Waals surface area contributed by atoms with Gasteiger partial charge in [0.2, 0.25) is 21.8 Å². The van der Waals surface area contributed by atoms with E-state index in [4.69, 9.17) is 0 Å². The number of rotatable bonds is 4. The van der Waals surface area contributed by atoms with Crippen molar-refractivity contribution in [2.45, 2.75) is 17.7 Å². The topological polar surface area (TPSA) is 74.8 Å². The molecular weight excluding hydrogens is 372 g/mol. The van der Waals surface area contributed by atoms with Gasteiger partial charge < -0.3 is 0 Å². The van der Waals surface area contributed by atoms with Crippen LogP contribution in [-0.4, -0.2) is 49.1 Å². The monoisotopic (exact) mass is 386 g/mol. The lowest BCUT2D eigenvalue weighted by Gasteiger charge is -2.39. The molecule has 2 saturated heterocycles. The first-order valence-corrected chi connectivity index (χ1v) is 9.20. The molecule has 0 unspecified atom stereocenters. The molecule has 0 bridgehead atoms. The predicted octanol–water partition coefficient (Wildman–Crippen LogP) is 1.22. The van der Waals surface area contributed by atoms with E-state index in [2.05, 4.69) is 15.9 Å². The Labute approximate surface area is 137 Å². The van der Waals surface area contributed by atoms with Crippen molar-refractivity contribution in [3.63, 3.8) is 0 Å². The molecule has 0 aliphatic carbocycles. The summed E-state index contributed by atoms with van der Waals surface area (Å²) in [7, 11) is -3.49. The Bertz CT molecular complexity index is 695. The molecule has 2 amide bonds. The van der Waals surface area contributed by atoms with Crippen LogP contribution in [0.3, 0.4) is 0 Å². The van der Waals surface area contributed by atoms with Crippen molar-refractivity contribution >= 4 is 37.8 Å². The largest absolute Gasteiger partial charge is 0.282 e. The Morgan fingerprint density at radius 2 is 1.59 bits per heavy atom. The minimum atomic E-state index is -3.49. The number of hydrogen-bond acceptors (Lipinski definition) is 4. The van der Waals surface area contributed by atoms with E-state index >= 15 is 0 Å². The molecule has 2 aliphatic rings. The first kappa shape index (κ1) is 15.6. The normalized spacial score (nSPS) is 20.5. The molecule has 0 radical (unpaired) electrons. The van der Waals surface area contributed by atoms with Crippen molar-refractivity contribution in [3.05, 3.63) is 28.7 Å². The Kier molecular flexibility index (Phi) is 4.09. The number of nitrogens with zero attached hydrogens (tertiary/aromatic N) is 2. The van der Waals surface area contributed by atoms with Crippen LogP contribution in [0.4, 0.5) is 0 Å². The van der Waals surface area contributed by atoms with Gasteiger partial charge in [0.15, 0.2) is 0 Å². The van der Waals surface area contributed by atoms with Crippen LogP contribution in [-0.2, 0) is 19.6 Å². The molecule has 1 aromatic carbocycles. The molecule has 2 heterocycles. The molecule has 0 aromatic heterocycles. The molecule has 2 aliphatic heterocycles. The lowest BCUT2D eigenvalue weighted by molar-refractivity contribution is -0.139. The fourth-order valence-electron chi connectivity index (χ4n) is 2.67. The minimum Gasteiger partial charge on any atom is -0.282 e. The third kappa shape index (κ3) is 2.82. The van der Waals surface area contributed by atoms with Crippen molar-refractivity contribution in [2.24, 2.45) is 5.92 Å². The Morgan fingerprint density at radius 3 is 2.14 bits per heavy atom. The molecule has 118 valence electrons. The highest BCUT2D eigenvalue weighted by Gasteiger charge is 2.40. The van der Waals surface area contributed by atoms with Gasteiger partial charge in [-0.1, -0.05) is 15.9 Å². The van der Waals surface area contributed by atoms with Gasteiger partial charge in [-0.2, -0.15) is 4.31 Å². The molecule has 0 saturated carbocycles. The maximum atomic E-state index is 12.4. The van der Waals surface area contributed by atoms with Crippen LogP contribution in [0.15, 0.2) is 33.6 Å². The quantitative estimate of drug-likeness (QED) is 0.729. The van der Waals surface area contributed by atoms with E-state index in [1.165, 1.54) is 9.21 Å². The van der Waals surface area contributed by atoms with Crippen LogP contribution in [0.25, 0.3) is 0 Å². The van der Waals surface area contributed by atoms with Crippen LogP contribution in [0.1, 0.15) is 12.8 Å². The third-order valence-corrected chi connectivity index (χ3v) is 6.35. The maximum absolute atomic E-state index is 12.4. The van der Waals surface area contributed by atoms with Gasteiger partial charge in [0.25, 0.3) is 0 Å². The summed E-state index contributed by atoms with van der Waals surface area (Å²) in [6.45, 7) is 1.01. The molecule has 0 atom stereocenters. The fraction of sp³-hybridized carbons (Fsp3) is 0.429. The number of sulfonamides is 1. The SMILES string of the molecule is O=C1CCC(=O)N1CC1CN(S(=O)(=O)c2ccc(Br)cc2)C1. The average molecular weight is 387 g/mol. The van der Waals surface area contributed by atoms with E-state index in [0.717, 1.165) is 4.47 Å². The number of halogens is 1. The molecule has 22 heavy (non-hydrogen) atoms. The Balaban J connectivity index is 1.62. The zero-order chi connectivity index (χ0) is 15.9. The van der Waals surface area contributed by atoms with Crippen molar-refractivity contribution in [2.75, 3.05) is 19.6 Å². The van der Waals surface area contributed by atoms with Crippen molar-refractivity contribution in [1.29, 1.82) is 0 Å². The molecular formula is C14H15BrN2O4S. The zero-order valence-electron chi connectivity index (χ0n) is 11.7. The molecule has 0 spiro atoms. The van der Waals surface area contributed by atoms with Gasteiger partial charge in [-0.3, -0.25) is 14.5 Å². The fourth-order valence-corrected chi connectivity index (χ4v) is 4.53. The van der Waals surface area contributed by atoms with Crippen molar-refractivity contribution < 1.29 is 18.0 Å². The van der Waals surface area contributed by atoms with Gasteiger partial charge in [-0.05, 0) is 24.3 Å². The second-order valence-electron chi connectivity index (χ2n) is 5.54. The summed E-state index contributed by atoms with van der Waals surface area (Å²) in [6, 6.07) is 6.48. The van der Waals surface area contributed by atoms with Crippen LogP contribution in [0.2, 0.25) is 0 Å². The Morgan fingerprint density at radius 1 is 1.05 bits per heavy atom. The van der Waals surface area contributed by atoms with E-state index in [-0.39, 0.29) is 35.5 Å². The van der Waals surface area contributed by atoms with E-state index in [9.17, 15) is 18.0 Å². The number of imide groups is 1. The molecule has 3 rings (SSSR count). The molecule has 8 heteroatoms. The summed E-state index contributed by atoms with van der Waals surface area (Å²) in [5.41, 5.74) is 0. The maximum Gasteiger partial charge on any atom is 0.243 e. The number of amides is 2. The van der Waals surface area contributed by atoms with Gasteiger partial charge in [-0.15, -0.1) is 0 Å². The van der Waals surface area contributed by atoms with E-state index in [1.807, 2.05) is 0 Å². The van der Waals surface area contributed by atoms with E-state index in [0.29, 0.717) is 19.6 Å². The number of benzene rings is 1. The summed E-state index contributed by atoms with van der Waals surface area (Å²) in [6.07, 6.45) is 0.541. The average Bonchev–Trinajstić information content (AvgIpc) is 2.73. The summed E-state index contributed by atoms with van der Waals surface area (Å²) >= 11 is 3.27. The summed E-state index contributed by atoms with van der Waals surface area (Å²) in [5, 5.41) is 0.